The second kappa shape index (κ2) is 4.82. The number of piperidine rings is 1. The van der Waals surface area contributed by atoms with Crippen molar-refractivity contribution >= 4 is 5.91 Å². The highest BCUT2D eigenvalue weighted by Gasteiger charge is 2.39. The van der Waals surface area contributed by atoms with Crippen molar-refractivity contribution in [1.82, 2.24) is 15.5 Å². The number of hydrogen-bond donors (Lipinski definition) is 2. The van der Waals surface area contributed by atoms with Crippen molar-refractivity contribution in [2.75, 3.05) is 7.05 Å². The summed E-state index contributed by atoms with van der Waals surface area (Å²) >= 11 is 0. The fraction of sp³-hybridized carbons (Fsp3) is 0.929. The normalized spacial score (nSPS) is 37.6. The lowest BCUT2D eigenvalue weighted by atomic mass is 9.97. The molecule has 4 heteroatoms. The number of rotatable bonds is 4. The zero-order chi connectivity index (χ0) is 12.7. The molecule has 2 heterocycles. The van der Waals surface area contributed by atoms with Crippen LogP contribution in [0.2, 0.25) is 0 Å². The molecule has 2 bridgehead atoms. The fourth-order valence-electron chi connectivity index (χ4n) is 3.53. The van der Waals surface area contributed by atoms with Crippen LogP contribution < -0.4 is 10.6 Å². The van der Waals surface area contributed by atoms with E-state index in [0.29, 0.717) is 12.1 Å². The van der Waals surface area contributed by atoms with E-state index in [9.17, 15) is 4.79 Å². The van der Waals surface area contributed by atoms with E-state index >= 15 is 0 Å². The lowest BCUT2D eigenvalue weighted by molar-refractivity contribution is -0.123. The Morgan fingerprint density at radius 3 is 2.28 bits per heavy atom. The van der Waals surface area contributed by atoms with Crippen LogP contribution in [0.1, 0.15) is 45.4 Å². The number of amides is 1. The van der Waals surface area contributed by atoms with Crippen molar-refractivity contribution < 1.29 is 4.79 Å². The van der Waals surface area contributed by atoms with Gasteiger partial charge < -0.3 is 15.5 Å². The number of fused-ring (bicyclic) bond motifs is 2. The molecule has 0 aromatic rings. The highest BCUT2D eigenvalue weighted by molar-refractivity contribution is 5.81. The molecule has 3 aliphatic rings. The Morgan fingerprint density at radius 2 is 1.72 bits per heavy atom. The van der Waals surface area contributed by atoms with Gasteiger partial charge in [-0.15, -0.1) is 0 Å². The SMILES string of the molecule is CC(NC1CC2CCC(C1)N2C)C(=O)NC1CC1. The third-order valence-corrected chi connectivity index (χ3v) is 4.90. The second-order valence-electron chi connectivity index (χ2n) is 6.39. The first-order valence-corrected chi connectivity index (χ1v) is 7.42. The first kappa shape index (κ1) is 12.4. The molecular weight excluding hydrogens is 226 g/mol. The topological polar surface area (TPSA) is 44.4 Å². The summed E-state index contributed by atoms with van der Waals surface area (Å²) in [5, 5.41) is 6.61. The van der Waals surface area contributed by atoms with Gasteiger partial charge in [0.05, 0.1) is 6.04 Å². The molecule has 2 N–H and O–H groups in total. The highest BCUT2D eigenvalue weighted by atomic mass is 16.2. The van der Waals surface area contributed by atoms with Crippen LogP contribution in [0.25, 0.3) is 0 Å². The van der Waals surface area contributed by atoms with Gasteiger partial charge in [-0.05, 0) is 52.5 Å². The van der Waals surface area contributed by atoms with Gasteiger partial charge in [-0.1, -0.05) is 0 Å². The summed E-state index contributed by atoms with van der Waals surface area (Å²) in [6.07, 6.45) is 7.40. The summed E-state index contributed by atoms with van der Waals surface area (Å²) in [5.41, 5.74) is 0. The van der Waals surface area contributed by atoms with E-state index in [1.54, 1.807) is 0 Å². The molecule has 2 aliphatic heterocycles. The van der Waals surface area contributed by atoms with Crippen molar-refractivity contribution in [2.45, 2.75) is 75.7 Å². The molecule has 3 fully saturated rings. The van der Waals surface area contributed by atoms with Crippen LogP contribution in [0.3, 0.4) is 0 Å². The van der Waals surface area contributed by atoms with Crippen LogP contribution in [0.15, 0.2) is 0 Å². The van der Waals surface area contributed by atoms with Gasteiger partial charge in [0.2, 0.25) is 5.91 Å². The average molecular weight is 251 g/mol. The Bertz CT molecular complexity index is 315. The quantitative estimate of drug-likeness (QED) is 0.779. The molecular formula is C14H25N3O. The van der Waals surface area contributed by atoms with Gasteiger partial charge in [0.1, 0.15) is 0 Å². The summed E-state index contributed by atoms with van der Waals surface area (Å²) in [7, 11) is 2.25. The predicted octanol–water partition coefficient (Wildman–Crippen LogP) is 0.868. The molecule has 0 radical (unpaired) electrons. The van der Waals surface area contributed by atoms with Crippen LogP contribution >= 0.6 is 0 Å². The first-order chi connectivity index (χ1) is 8.63. The van der Waals surface area contributed by atoms with Gasteiger partial charge >= 0.3 is 0 Å². The lowest BCUT2D eigenvalue weighted by Gasteiger charge is -2.37. The highest BCUT2D eigenvalue weighted by Crippen LogP contribution is 2.34. The van der Waals surface area contributed by atoms with Gasteiger partial charge in [0.25, 0.3) is 0 Å². The van der Waals surface area contributed by atoms with E-state index in [4.69, 9.17) is 0 Å². The minimum absolute atomic E-state index is 0.0431. The van der Waals surface area contributed by atoms with Crippen molar-refractivity contribution in [3.05, 3.63) is 0 Å². The van der Waals surface area contributed by atoms with Crippen LogP contribution in [-0.4, -0.2) is 48.1 Å². The molecule has 0 spiro atoms. The van der Waals surface area contributed by atoms with Gasteiger partial charge in [-0.3, -0.25) is 4.79 Å². The summed E-state index contributed by atoms with van der Waals surface area (Å²) in [4.78, 5) is 14.5. The molecule has 3 unspecified atom stereocenters. The van der Waals surface area contributed by atoms with Crippen LogP contribution in [0, 0.1) is 0 Å². The van der Waals surface area contributed by atoms with Gasteiger partial charge in [-0.2, -0.15) is 0 Å². The minimum Gasteiger partial charge on any atom is -0.352 e. The van der Waals surface area contributed by atoms with Crippen molar-refractivity contribution in [1.29, 1.82) is 0 Å². The molecule has 0 aromatic heterocycles. The molecule has 4 nitrogen and oxygen atoms in total. The number of carbonyl (C=O) groups excluding carboxylic acids is 1. The Kier molecular flexibility index (Phi) is 3.32. The predicted molar refractivity (Wildman–Crippen MR) is 71.4 cm³/mol. The maximum Gasteiger partial charge on any atom is 0.237 e. The molecule has 3 rings (SSSR count). The van der Waals surface area contributed by atoms with Crippen LogP contribution in [-0.2, 0) is 4.79 Å². The third-order valence-electron chi connectivity index (χ3n) is 4.90. The molecule has 18 heavy (non-hydrogen) atoms. The second-order valence-corrected chi connectivity index (χ2v) is 6.39. The average Bonchev–Trinajstić information content (AvgIpc) is 3.10. The monoisotopic (exact) mass is 251 g/mol. The van der Waals surface area contributed by atoms with Crippen molar-refractivity contribution in [2.24, 2.45) is 0 Å². The fourth-order valence-corrected chi connectivity index (χ4v) is 3.53. The van der Waals surface area contributed by atoms with E-state index in [-0.39, 0.29) is 11.9 Å². The lowest BCUT2D eigenvalue weighted by Crippen LogP contribution is -2.53. The molecule has 1 aliphatic carbocycles. The van der Waals surface area contributed by atoms with Gasteiger partial charge in [0.15, 0.2) is 0 Å². The molecule has 102 valence electrons. The summed E-state index contributed by atoms with van der Waals surface area (Å²) in [5.74, 6) is 0.184. The minimum atomic E-state index is -0.0431. The largest absolute Gasteiger partial charge is 0.352 e. The Hall–Kier alpha value is -0.610. The molecule has 3 atom stereocenters. The summed E-state index contributed by atoms with van der Waals surface area (Å²) in [6, 6.07) is 2.42. The molecule has 1 saturated carbocycles. The Labute approximate surface area is 109 Å². The molecule has 0 aromatic carbocycles. The van der Waals surface area contributed by atoms with Gasteiger partial charge in [0, 0.05) is 24.2 Å². The first-order valence-electron chi connectivity index (χ1n) is 7.42. The number of hydrogen-bond acceptors (Lipinski definition) is 3. The van der Waals surface area contributed by atoms with Gasteiger partial charge in [-0.25, -0.2) is 0 Å². The van der Waals surface area contributed by atoms with E-state index < -0.39 is 0 Å². The van der Waals surface area contributed by atoms with E-state index in [2.05, 4.69) is 22.6 Å². The zero-order valence-electron chi connectivity index (χ0n) is 11.5. The smallest absolute Gasteiger partial charge is 0.237 e. The maximum atomic E-state index is 11.9. The number of carbonyl (C=O) groups is 1. The van der Waals surface area contributed by atoms with Crippen LogP contribution in [0.4, 0.5) is 0 Å². The number of nitrogens with zero attached hydrogens (tertiary/aromatic N) is 1. The Morgan fingerprint density at radius 1 is 1.11 bits per heavy atom. The third kappa shape index (κ3) is 2.54. The zero-order valence-corrected chi connectivity index (χ0v) is 11.5. The van der Waals surface area contributed by atoms with E-state index in [0.717, 1.165) is 24.9 Å². The summed E-state index contributed by atoms with van der Waals surface area (Å²) < 4.78 is 0. The van der Waals surface area contributed by atoms with E-state index in [1.807, 2.05) is 6.92 Å². The van der Waals surface area contributed by atoms with Crippen molar-refractivity contribution in [3.8, 4) is 0 Å². The maximum absolute atomic E-state index is 11.9. The standard InChI is InChI=1S/C14H25N3O/c1-9(14(18)16-10-3-4-10)15-11-7-12-5-6-13(8-11)17(12)2/h9-13,15H,3-8H2,1-2H3,(H,16,18). The van der Waals surface area contributed by atoms with Crippen LogP contribution in [0.5, 0.6) is 0 Å². The number of nitrogens with one attached hydrogen (secondary N) is 2. The van der Waals surface area contributed by atoms with Crippen molar-refractivity contribution in [3.63, 3.8) is 0 Å². The molecule has 1 amide bonds. The summed E-state index contributed by atoms with van der Waals surface area (Å²) in [6.45, 7) is 2.00. The van der Waals surface area contributed by atoms with E-state index in [1.165, 1.54) is 25.7 Å². The Balaban J connectivity index is 1.49. The molecule has 2 saturated heterocycles.